The van der Waals surface area contributed by atoms with E-state index in [2.05, 4.69) is 34.3 Å². The van der Waals surface area contributed by atoms with Crippen molar-refractivity contribution in [2.24, 2.45) is 11.1 Å². The highest BCUT2D eigenvalue weighted by atomic mass is 16.4. The molecule has 0 aromatic heterocycles. The average Bonchev–Trinajstić information content (AvgIpc) is 2.41. The van der Waals surface area contributed by atoms with Crippen LogP contribution in [0.15, 0.2) is 35.5 Å². The van der Waals surface area contributed by atoms with E-state index in [1.807, 2.05) is 6.07 Å². The Morgan fingerprint density at radius 3 is 2.53 bits per heavy atom. The smallest absolute Gasteiger partial charge is 0.0777 e. The molecular weight excluding hydrogens is 212 g/mol. The second-order valence-corrected chi connectivity index (χ2v) is 5.04. The van der Waals surface area contributed by atoms with Gasteiger partial charge in [0.15, 0.2) is 0 Å². The zero-order valence-corrected chi connectivity index (χ0v) is 9.92. The first-order valence-corrected chi connectivity index (χ1v) is 6.38. The van der Waals surface area contributed by atoms with Gasteiger partial charge in [-0.15, -0.1) is 0 Å². The van der Waals surface area contributed by atoms with E-state index in [9.17, 15) is 5.21 Å². The molecule has 1 aromatic rings. The highest BCUT2D eigenvalue weighted by Gasteiger charge is 2.39. The molecule has 1 atom stereocenters. The van der Waals surface area contributed by atoms with Crippen LogP contribution in [0.1, 0.15) is 18.4 Å². The van der Waals surface area contributed by atoms with Crippen molar-refractivity contribution < 1.29 is 5.21 Å². The van der Waals surface area contributed by atoms with Crippen LogP contribution in [0.25, 0.3) is 0 Å². The van der Waals surface area contributed by atoms with Gasteiger partial charge in [0.05, 0.1) is 11.8 Å². The van der Waals surface area contributed by atoms with E-state index in [1.54, 1.807) is 0 Å². The van der Waals surface area contributed by atoms with Gasteiger partial charge < -0.3 is 5.21 Å². The van der Waals surface area contributed by atoms with Crippen molar-refractivity contribution in [3.05, 3.63) is 35.9 Å². The van der Waals surface area contributed by atoms with Crippen LogP contribution in [0.5, 0.6) is 0 Å². The molecule has 0 radical (unpaired) electrons. The Morgan fingerprint density at radius 1 is 1.18 bits per heavy atom. The molecule has 3 nitrogen and oxygen atoms in total. The minimum absolute atomic E-state index is 0.315. The molecule has 0 aliphatic carbocycles. The van der Waals surface area contributed by atoms with Crippen LogP contribution in [0.3, 0.4) is 0 Å². The number of hydrogen-bond donors (Lipinski definition) is 1. The van der Waals surface area contributed by atoms with E-state index < -0.39 is 0 Å². The van der Waals surface area contributed by atoms with Gasteiger partial charge in [-0.2, -0.15) is 0 Å². The second kappa shape index (κ2) is 4.49. The molecule has 4 rings (SSSR count). The van der Waals surface area contributed by atoms with Crippen LogP contribution in [0, 0.1) is 5.92 Å². The first-order chi connectivity index (χ1) is 8.38. The summed E-state index contributed by atoms with van der Waals surface area (Å²) >= 11 is 0. The molecule has 3 fully saturated rings. The van der Waals surface area contributed by atoms with Crippen LogP contribution < -0.4 is 0 Å². The van der Waals surface area contributed by atoms with Crippen LogP contribution in [0.2, 0.25) is 0 Å². The van der Waals surface area contributed by atoms with Crippen molar-refractivity contribution >= 4 is 5.71 Å². The SMILES string of the molecule is ON=C1C2CCN(CC2)C1Cc1ccccc1. The molecule has 0 spiro atoms. The fraction of sp³-hybridized carbons (Fsp3) is 0.500. The number of fused-ring (bicyclic) bond motifs is 3. The number of benzene rings is 1. The van der Waals surface area contributed by atoms with Crippen molar-refractivity contribution in [2.45, 2.75) is 25.3 Å². The normalized spacial score (nSPS) is 34.1. The van der Waals surface area contributed by atoms with E-state index in [0.717, 1.165) is 38.1 Å². The zero-order valence-electron chi connectivity index (χ0n) is 9.92. The third-order valence-electron chi connectivity index (χ3n) is 4.12. The summed E-state index contributed by atoms with van der Waals surface area (Å²) in [5.41, 5.74) is 2.33. The molecule has 17 heavy (non-hydrogen) atoms. The quantitative estimate of drug-likeness (QED) is 0.624. The number of piperidine rings is 3. The molecule has 90 valence electrons. The van der Waals surface area contributed by atoms with Gasteiger partial charge in [-0.1, -0.05) is 35.5 Å². The summed E-state index contributed by atoms with van der Waals surface area (Å²) in [7, 11) is 0. The summed E-state index contributed by atoms with van der Waals surface area (Å²) in [6, 6.07) is 10.8. The average molecular weight is 230 g/mol. The third kappa shape index (κ3) is 1.95. The fourth-order valence-electron chi connectivity index (χ4n) is 3.19. The maximum absolute atomic E-state index is 9.22. The molecule has 3 saturated heterocycles. The summed E-state index contributed by atoms with van der Waals surface area (Å²) in [6.07, 6.45) is 3.28. The standard InChI is InChI=1S/C14H18N2O/c17-15-14-12-6-8-16(9-7-12)13(14)10-11-4-2-1-3-5-11/h1-5,12-13,17H,6-10H2. The van der Waals surface area contributed by atoms with Gasteiger partial charge in [0, 0.05) is 5.92 Å². The minimum Gasteiger partial charge on any atom is -0.411 e. The zero-order chi connectivity index (χ0) is 11.7. The monoisotopic (exact) mass is 230 g/mol. The Labute approximate surface area is 102 Å². The molecule has 0 amide bonds. The van der Waals surface area contributed by atoms with E-state index in [1.165, 1.54) is 5.56 Å². The van der Waals surface area contributed by atoms with Gasteiger partial charge in [0.25, 0.3) is 0 Å². The maximum atomic E-state index is 9.22. The van der Waals surface area contributed by atoms with Crippen molar-refractivity contribution in [3.63, 3.8) is 0 Å². The predicted molar refractivity (Wildman–Crippen MR) is 67.5 cm³/mol. The van der Waals surface area contributed by atoms with Crippen LogP contribution in [0.4, 0.5) is 0 Å². The Hall–Kier alpha value is -1.35. The molecule has 2 bridgehead atoms. The molecule has 3 heteroatoms. The van der Waals surface area contributed by atoms with E-state index in [0.29, 0.717) is 12.0 Å². The van der Waals surface area contributed by atoms with Gasteiger partial charge in [-0.3, -0.25) is 4.90 Å². The fourth-order valence-corrected chi connectivity index (χ4v) is 3.19. The van der Waals surface area contributed by atoms with Crippen molar-refractivity contribution in [1.29, 1.82) is 0 Å². The summed E-state index contributed by atoms with van der Waals surface area (Å²) in [5.74, 6) is 0.513. The lowest BCUT2D eigenvalue weighted by Crippen LogP contribution is -2.56. The van der Waals surface area contributed by atoms with Crippen molar-refractivity contribution in [3.8, 4) is 0 Å². The van der Waals surface area contributed by atoms with Crippen LogP contribution >= 0.6 is 0 Å². The second-order valence-electron chi connectivity index (χ2n) is 5.04. The number of hydrogen-bond acceptors (Lipinski definition) is 3. The molecule has 3 aliphatic rings. The lowest BCUT2D eigenvalue weighted by atomic mass is 9.79. The van der Waals surface area contributed by atoms with E-state index in [4.69, 9.17) is 0 Å². The Bertz CT molecular complexity index is 407. The molecule has 3 heterocycles. The molecule has 3 aliphatic heterocycles. The third-order valence-corrected chi connectivity index (χ3v) is 4.12. The maximum Gasteiger partial charge on any atom is 0.0777 e. The van der Waals surface area contributed by atoms with E-state index >= 15 is 0 Å². The summed E-state index contributed by atoms with van der Waals surface area (Å²) in [6.45, 7) is 2.31. The molecule has 1 N–H and O–H groups in total. The topological polar surface area (TPSA) is 35.8 Å². The first kappa shape index (κ1) is 10.8. The Morgan fingerprint density at radius 2 is 1.88 bits per heavy atom. The van der Waals surface area contributed by atoms with Crippen molar-refractivity contribution in [2.75, 3.05) is 13.1 Å². The van der Waals surface area contributed by atoms with Gasteiger partial charge in [-0.05, 0) is 37.9 Å². The summed E-state index contributed by atoms with van der Waals surface area (Å²) < 4.78 is 0. The van der Waals surface area contributed by atoms with Gasteiger partial charge in [-0.25, -0.2) is 0 Å². The van der Waals surface area contributed by atoms with Crippen molar-refractivity contribution in [1.82, 2.24) is 4.90 Å². The Balaban J connectivity index is 1.82. The van der Waals surface area contributed by atoms with E-state index in [-0.39, 0.29) is 0 Å². The van der Waals surface area contributed by atoms with Gasteiger partial charge >= 0.3 is 0 Å². The molecule has 0 saturated carbocycles. The minimum atomic E-state index is 0.315. The highest BCUT2D eigenvalue weighted by molar-refractivity contribution is 5.92. The van der Waals surface area contributed by atoms with Gasteiger partial charge in [0.2, 0.25) is 0 Å². The summed E-state index contributed by atoms with van der Waals surface area (Å²) in [5, 5.41) is 12.8. The summed E-state index contributed by atoms with van der Waals surface area (Å²) in [4.78, 5) is 2.46. The molecule has 1 aromatic carbocycles. The number of nitrogens with zero attached hydrogens (tertiary/aromatic N) is 2. The lowest BCUT2D eigenvalue weighted by molar-refractivity contribution is 0.138. The highest BCUT2D eigenvalue weighted by Crippen LogP contribution is 2.31. The lowest BCUT2D eigenvalue weighted by Gasteiger charge is -2.45. The number of oxime groups is 1. The largest absolute Gasteiger partial charge is 0.411 e. The predicted octanol–water partition coefficient (Wildman–Crippen LogP) is 2.15. The molecular formula is C14H18N2O. The van der Waals surface area contributed by atoms with Gasteiger partial charge in [0.1, 0.15) is 0 Å². The number of rotatable bonds is 2. The molecule has 1 unspecified atom stereocenters. The van der Waals surface area contributed by atoms with Crippen LogP contribution in [-0.2, 0) is 6.42 Å². The first-order valence-electron chi connectivity index (χ1n) is 6.38. The Kier molecular flexibility index (Phi) is 2.85. The van der Waals surface area contributed by atoms with Crippen LogP contribution in [-0.4, -0.2) is 35.0 Å².